The summed E-state index contributed by atoms with van der Waals surface area (Å²) in [5, 5.41) is 13.7. The smallest absolute Gasteiger partial charge is 0.313 e. The lowest BCUT2D eigenvalue weighted by atomic mass is 9.70. The number of ether oxygens (including phenoxy) is 2. The van der Waals surface area contributed by atoms with Gasteiger partial charge in [0.15, 0.2) is 0 Å². The number of benzene rings is 2. The molecule has 7 atom stereocenters. The number of fused-ring (bicyclic) bond motifs is 1. The van der Waals surface area contributed by atoms with Gasteiger partial charge in [-0.05, 0) is 43.2 Å². The van der Waals surface area contributed by atoms with Crippen LogP contribution in [-0.2, 0) is 28.7 Å². The molecule has 10 nitrogen and oxygen atoms in total. The van der Waals surface area contributed by atoms with E-state index in [1.54, 1.807) is 12.2 Å². The average molecular weight is 684 g/mol. The van der Waals surface area contributed by atoms with Crippen molar-refractivity contribution in [1.82, 2.24) is 15.1 Å². The van der Waals surface area contributed by atoms with Crippen molar-refractivity contribution >= 4 is 23.7 Å². The number of amides is 3. The molecule has 0 unspecified atom stereocenters. The standard InChI is InChI=1S/C40H49N3O7/c1-3-5-21-33(45)41-25-32(28-17-11-7-12-18-28)49-39(48)34-31-22-23-40(50-31)35(34)37(46)43(30(26-44)27-15-9-6-10-16-27)36(40)38(47)42(24-4-2)29-19-13-8-14-20-29/h3-4,6-7,9-12,15-18,29-32,34-36,44H,1-2,5,8,13-14,19-26H2,(H,41,45)/t30-,31-,32+,34+,35+,36-,40+/m1/s1. The Morgan fingerprint density at radius 2 is 1.68 bits per heavy atom. The molecule has 4 aliphatic rings. The number of carbonyl (C=O) groups excluding carboxylic acids is 4. The number of aliphatic hydroxyl groups excluding tert-OH is 1. The first-order chi connectivity index (χ1) is 24.3. The fraction of sp³-hybridized carbons (Fsp3) is 0.500. The minimum Gasteiger partial charge on any atom is -0.455 e. The van der Waals surface area contributed by atoms with E-state index in [2.05, 4.69) is 18.5 Å². The van der Waals surface area contributed by atoms with Gasteiger partial charge in [0.05, 0.1) is 37.1 Å². The third kappa shape index (κ3) is 6.75. The van der Waals surface area contributed by atoms with Crippen LogP contribution < -0.4 is 5.32 Å². The number of hydrogen-bond acceptors (Lipinski definition) is 7. The van der Waals surface area contributed by atoms with Gasteiger partial charge in [0, 0.05) is 19.0 Å². The van der Waals surface area contributed by atoms with Crippen molar-refractivity contribution in [1.29, 1.82) is 0 Å². The van der Waals surface area contributed by atoms with Crippen molar-refractivity contribution in [3.05, 3.63) is 97.1 Å². The first-order valence-corrected chi connectivity index (χ1v) is 18.0. The third-order valence-electron chi connectivity index (χ3n) is 11.1. The van der Waals surface area contributed by atoms with Crippen molar-refractivity contribution in [2.75, 3.05) is 19.7 Å². The lowest BCUT2D eigenvalue weighted by molar-refractivity contribution is -0.161. The molecule has 1 saturated carbocycles. The van der Waals surface area contributed by atoms with E-state index in [1.165, 1.54) is 4.90 Å². The van der Waals surface area contributed by atoms with E-state index in [4.69, 9.17) is 9.47 Å². The molecule has 2 aromatic carbocycles. The molecule has 1 aliphatic carbocycles. The Balaban J connectivity index is 1.35. The van der Waals surface area contributed by atoms with Gasteiger partial charge in [0.25, 0.3) is 0 Å². The highest BCUT2D eigenvalue weighted by atomic mass is 16.6. The Morgan fingerprint density at radius 3 is 2.32 bits per heavy atom. The molecule has 2 bridgehead atoms. The Hall–Kier alpha value is -4.28. The van der Waals surface area contributed by atoms with E-state index in [-0.39, 0.29) is 30.8 Å². The van der Waals surface area contributed by atoms with Crippen LogP contribution in [0.3, 0.4) is 0 Å². The van der Waals surface area contributed by atoms with Crippen LogP contribution in [0.25, 0.3) is 0 Å². The largest absolute Gasteiger partial charge is 0.455 e. The normalized spacial score (nSPS) is 26.9. The Labute approximate surface area is 294 Å². The molecule has 3 heterocycles. The van der Waals surface area contributed by atoms with Gasteiger partial charge in [-0.3, -0.25) is 19.2 Å². The topological polar surface area (TPSA) is 125 Å². The van der Waals surface area contributed by atoms with Gasteiger partial charge in [0.2, 0.25) is 17.7 Å². The Bertz CT molecular complexity index is 1540. The molecule has 266 valence electrons. The van der Waals surface area contributed by atoms with Crippen LogP contribution in [0.2, 0.25) is 0 Å². The maximum atomic E-state index is 15.0. The number of nitrogens with zero attached hydrogens (tertiary/aromatic N) is 2. The van der Waals surface area contributed by atoms with Crippen LogP contribution in [0.5, 0.6) is 0 Å². The number of allylic oxidation sites excluding steroid dienone is 1. The van der Waals surface area contributed by atoms with Crippen molar-refractivity contribution in [3.8, 4) is 0 Å². The second-order valence-corrected chi connectivity index (χ2v) is 13.9. The fourth-order valence-electron chi connectivity index (χ4n) is 8.75. The zero-order chi connectivity index (χ0) is 35.3. The molecule has 2 N–H and O–H groups in total. The van der Waals surface area contributed by atoms with Gasteiger partial charge < -0.3 is 29.7 Å². The van der Waals surface area contributed by atoms with E-state index in [9.17, 15) is 24.3 Å². The third-order valence-corrected chi connectivity index (χ3v) is 11.1. The molecule has 0 aromatic heterocycles. The Kier molecular flexibility index (Phi) is 11.2. The van der Waals surface area contributed by atoms with Crippen LogP contribution in [-0.4, -0.2) is 82.1 Å². The number of aliphatic hydroxyl groups is 1. The first kappa shape index (κ1) is 35.5. The molecule has 50 heavy (non-hydrogen) atoms. The van der Waals surface area contributed by atoms with E-state index in [0.29, 0.717) is 36.9 Å². The van der Waals surface area contributed by atoms with Gasteiger partial charge in [-0.1, -0.05) is 92.1 Å². The number of carbonyl (C=O) groups is 4. The van der Waals surface area contributed by atoms with Crippen molar-refractivity contribution in [2.24, 2.45) is 11.8 Å². The van der Waals surface area contributed by atoms with E-state index >= 15 is 0 Å². The minimum atomic E-state index is -1.26. The van der Waals surface area contributed by atoms with Crippen molar-refractivity contribution < 1.29 is 33.8 Å². The molecular weight excluding hydrogens is 634 g/mol. The summed E-state index contributed by atoms with van der Waals surface area (Å²) in [7, 11) is 0. The molecule has 3 aliphatic heterocycles. The highest BCUT2D eigenvalue weighted by molar-refractivity contribution is 5.98. The van der Waals surface area contributed by atoms with E-state index in [1.807, 2.05) is 65.6 Å². The van der Waals surface area contributed by atoms with Crippen LogP contribution in [0.1, 0.15) is 81.1 Å². The van der Waals surface area contributed by atoms with Crippen LogP contribution in [0.15, 0.2) is 86.0 Å². The molecule has 10 heteroatoms. The lowest BCUT2D eigenvalue weighted by Crippen LogP contribution is -2.59. The molecule has 0 radical (unpaired) electrons. The summed E-state index contributed by atoms with van der Waals surface area (Å²) in [6.07, 6.45) is 8.53. The average Bonchev–Trinajstić information content (AvgIpc) is 3.80. The number of esters is 1. The Morgan fingerprint density at radius 1 is 1.00 bits per heavy atom. The highest BCUT2D eigenvalue weighted by Gasteiger charge is 2.76. The summed E-state index contributed by atoms with van der Waals surface area (Å²) in [5.41, 5.74) is 0.128. The monoisotopic (exact) mass is 683 g/mol. The molecule has 2 aromatic rings. The summed E-state index contributed by atoms with van der Waals surface area (Å²) in [5.74, 6) is -3.36. The summed E-state index contributed by atoms with van der Waals surface area (Å²) in [6.45, 7) is 7.58. The van der Waals surface area contributed by atoms with Crippen LogP contribution in [0, 0.1) is 11.8 Å². The zero-order valence-corrected chi connectivity index (χ0v) is 28.7. The fourth-order valence-corrected chi connectivity index (χ4v) is 8.75. The van der Waals surface area contributed by atoms with Gasteiger partial charge >= 0.3 is 5.97 Å². The summed E-state index contributed by atoms with van der Waals surface area (Å²) in [6, 6.07) is 16.5. The lowest BCUT2D eigenvalue weighted by Gasteiger charge is -2.42. The maximum Gasteiger partial charge on any atom is 0.313 e. The number of likely N-dealkylation sites (tertiary alicyclic amines) is 1. The summed E-state index contributed by atoms with van der Waals surface area (Å²) >= 11 is 0. The first-order valence-electron chi connectivity index (χ1n) is 18.0. The van der Waals surface area contributed by atoms with Gasteiger partial charge in [-0.2, -0.15) is 0 Å². The molecule has 3 saturated heterocycles. The SMILES string of the molecule is C=CCCC(=O)NC[C@H](OC(=O)[C@@H]1[C@H]2C(=O)N([C@H](CO)c3ccccc3)[C@H](C(=O)N(CC=C)C3CCCCC3)[C@]23CC[C@H]1O3)c1ccccc1. The molecule has 6 rings (SSSR count). The van der Waals surface area contributed by atoms with Crippen LogP contribution >= 0.6 is 0 Å². The maximum absolute atomic E-state index is 15.0. The highest BCUT2D eigenvalue weighted by Crippen LogP contribution is 2.60. The van der Waals surface area contributed by atoms with Gasteiger partial charge in [0.1, 0.15) is 17.7 Å². The van der Waals surface area contributed by atoms with E-state index < -0.39 is 60.2 Å². The molecule has 1 spiro atoms. The van der Waals surface area contributed by atoms with Gasteiger partial charge in [-0.15, -0.1) is 13.2 Å². The quantitative estimate of drug-likeness (QED) is 0.204. The predicted octanol–water partition coefficient (Wildman–Crippen LogP) is 4.81. The number of hydrogen-bond donors (Lipinski definition) is 2. The minimum absolute atomic E-state index is 0.00126. The predicted molar refractivity (Wildman–Crippen MR) is 187 cm³/mol. The van der Waals surface area contributed by atoms with Crippen molar-refractivity contribution in [2.45, 2.75) is 93.7 Å². The molecule has 3 amide bonds. The van der Waals surface area contributed by atoms with Gasteiger partial charge in [-0.25, -0.2) is 0 Å². The number of rotatable bonds is 15. The second-order valence-electron chi connectivity index (χ2n) is 13.9. The molecule has 4 fully saturated rings. The zero-order valence-electron chi connectivity index (χ0n) is 28.7. The van der Waals surface area contributed by atoms with Crippen molar-refractivity contribution in [3.63, 3.8) is 0 Å². The molecular formula is C40H49N3O7. The summed E-state index contributed by atoms with van der Waals surface area (Å²) < 4.78 is 12.9. The summed E-state index contributed by atoms with van der Waals surface area (Å²) in [4.78, 5) is 60.1. The van der Waals surface area contributed by atoms with E-state index in [0.717, 1.165) is 32.1 Å². The van der Waals surface area contributed by atoms with Crippen LogP contribution in [0.4, 0.5) is 0 Å². The second kappa shape index (κ2) is 15.7. The number of nitrogens with one attached hydrogen (secondary N) is 1.